The van der Waals surface area contributed by atoms with E-state index in [1.54, 1.807) is 29.2 Å². The molecular weight excluding hydrogens is 364 g/mol. The average Bonchev–Trinajstić information content (AvgIpc) is 2.95. The lowest BCUT2D eigenvalue weighted by molar-refractivity contribution is -0.135. The Morgan fingerprint density at radius 1 is 1.08 bits per heavy atom. The first kappa shape index (κ1) is 18.3. The quantitative estimate of drug-likeness (QED) is 0.732. The maximum Gasteiger partial charge on any atom is 0.226 e. The summed E-state index contributed by atoms with van der Waals surface area (Å²) in [6, 6.07) is 8.99. The lowest BCUT2D eigenvalue weighted by Crippen LogP contribution is -2.52. The van der Waals surface area contributed by atoms with E-state index in [2.05, 4.69) is 0 Å². The summed E-state index contributed by atoms with van der Waals surface area (Å²) >= 11 is 0. The van der Waals surface area contributed by atoms with Crippen molar-refractivity contribution in [1.29, 1.82) is 0 Å². The largest absolute Gasteiger partial charge is 0.340 e. The van der Waals surface area contributed by atoms with Gasteiger partial charge in [-0.3, -0.25) is 4.79 Å². The van der Waals surface area contributed by atoms with Gasteiger partial charge in [0.2, 0.25) is 15.9 Å². The Bertz CT molecular complexity index is 829. The molecule has 1 atom stereocenters. The predicted octanol–water partition coefficient (Wildman–Crippen LogP) is 0.0953. The standard InChI is InChI=1S/C16H22N2O5S2/c19-16(15-6-11-24(20,21)13-15)17-7-9-18(10-8-17)25(22,23)12-14-4-2-1-3-5-14/h1-5,15H,6-13H2/t15-/m0/s1. The fourth-order valence-corrected chi connectivity index (χ4v) is 6.56. The first-order valence-corrected chi connectivity index (χ1v) is 11.7. The second kappa shape index (κ2) is 7.05. The number of carbonyl (C=O) groups excluding carboxylic acids is 1. The summed E-state index contributed by atoms with van der Waals surface area (Å²) in [6.07, 6.45) is 0.369. The summed E-state index contributed by atoms with van der Waals surface area (Å²) in [5.74, 6) is -0.714. The molecule has 2 heterocycles. The van der Waals surface area contributed by atoms with Crippen molar-refractivity contribution in [2.24, 2.45) is 5.92 Å². The first-order valence-electron chi connectivity index (χ1n) is 8.28. The van der Waals surface area contributed by atoms with Gasteiger partial charge in [-0.2, -0.15) is 4.31 Å². The van der Waals surface area contributed by atoms with Gasteiger partial charge in [-0.1, -0.05) is 30.3 Å². The van der Waals surface area contributed by atoms with E-state index in [-0.39, 0.29) is 36.3 Å². The summed E-state index contributed by atoms with van der Waals surface area (Å²) in [5, 5.41) is 0. The van der Waals surface area contributed by atoms with Crippen LogP contribution in [0.2, 0.25) is 0 Å². The number of sulfone groups is 1. The Morgan fingerprint density at radius 2 is 1.72 bits per heavy atom. The van der Waals surface area contributed by atoms with E-state index >= 15 is 0 Å². The minimum Gasteiger partial charge on any atom is -0.340 e. The van der Waals surface area contributed by atoms with Crippen molar-refractivity contribution < 1.29 is 21.6 Å². The van der Waals surface area contributed by atoms with Gasteiger partial charge in [-0.05, 0) is 12.0 Å². The van der Waals surface area contributed by atoms with E-state index in [9.17, 15) is 21.6 Å². The molecule has 1 aromatic rings. The van der Waals surface area contributed by atoms with Crippen molar-refractivity contribution in [1.82, 2.24) is 9.21 Å². The molecule has 0 radical (unpaired) electrons. The maximum absolute atomic E-state index is 12.5. The van der Waals surface area contributed by atoms with Crippen molar-refractivity contribution in [3.8, 4) is 0 Å². The van der Waals surface area contributed by atoms with Crippen molar-refractivity contribution in [3.63, 3.8) is 0 Å². The van der Waals surface area contributed by atoms with Crippen LogP contribution in [0.3, 0.4) is 0 Å². The smallest absolute Gasteiger partial charge is 0.226 e. The van der Waals surface area contributed by atoms with Gasteiger partial charge in [0.15, 0.2) is 9.84 Å². The van der Waals surface area contributed by atoms with Crippen LogP contribution < -0.4 is 0 Å². The molecule has 0 N–H and O–H groups in total. The number of amides is 1. The maximum atomic E-state index is 12.5. The SMILES string of the molecule is O=C([C@H]1CCS(=O)(=O)C1)N1CCN(S(=O)(=O)Cc2ccccc2)CC1. The number of hydrogen-bond acceptors (Lipinski definition) is 5. The lowest BCUT2D eigenvalue weighted by Gasteiger charge is -2.35. The molecule has 0 spiro atoms. The van der Waals surface area contributed by atoms with E-state index < -0.39 is 25.8 Å². The molecule has 0 aliphatic carbocycles. The molecule has 2 fully saturated rings. The third-order valence-corrected chi connectivity index (χ3v) is 8.34. The minimum absolute atomic E-state index is 0.0529. The van der Waals surface area contributed by atoms with Crippen LogP contribution in [0.5, 0.6) is 0 Å². The van der Waals surface area contributed by atoms with Crippen molar-refractivity contribution in [2.45, 2.75) is 12.2 Å². The van der Waals surface area contributed by atoms with Gasteiger partial charge in [0.05, 0.1) is 23.2 Å². The molecule has 7 nitrogen and oxygen atoms in total. The third kappa shape index (κ3) is 4.39. The highest BCUT2D eigenvalue weighted by atomic mass is 32.2. The van der Waals surface area contributed by atoms with E-state index in [0.29, 0.717) is 19.5 Å². The normalized spacial score (nSPS) is 24.3. The number of nitrogens with zero attached hydrogens (tertiary/aromatic N) is 2. The molecule has 9 heteroatoms. The van der Waals surface area contributed by atoms with E-state index in [4.69, 9.17) is 0 Å². The number of piperazine rings is 1. The number of rotatable bonds is 4. The van der Waals surface area contributed by atoms with Gasteiger partial charge in [0, 0.05) is 26.2 Å². The fraction of sp³-hybridized carbons (Fsp3) is 0.562. The van der Waals surface area contributed by atoms with Gasteiger partial charge in [-0.25, -0.2) is 16.8 Å². The predicted molar refractivity (Wildman–Crippen MR) is 94.0 cm³/mol. The second-order valence-corrected chi connectivity index (χ2v) is 10.8. The molecule has 0 bridgehead atoms. The Morgan fingerprint density at radius 3 is 2.28 bits per heavy atom. The number of carbonyl (C=O) groups is 1. The molecule has 1 aromatic carbocycles. The zero-order valence-corrected chi connectivity index (χ0v) is 15.5. The first-order chi connectivity index (χ1) is 11.8. The minimum atomic E-state index is -3.42. The van der Waals surface area contributed by atoms with Crippen LogP contribution in [0.15, 0.2) is 30.3 Å². The molecule has 0 unspecified atom stereocenters. The van der Waals surface area contributed by atoms with E-state index in [0.717, 1.165) is 5.56 Å². The highest BCUT2D eigenvalue weighted by Gasteiger charge is 2.37. The molecule has 1 amide bonds. The summed E-state index contributed by atoms with van der Waals surface area (Å²) in [4.78, 5) is 14.0. The molecule has 0 saturated carbocycles. The Kier molecular flexibility index (Phi) is 5.17. The monoisotopic (exact) mass is 386 g/mol. The van der Waals surface area contributed by atoms with Crippen LogP contribution >= 0.6 is 0 Å². The van der Waals surface area contributed by atoms with Gasteiger partial charge in [0.1, 0.15) is 0 Å². The van der Waals surface area contributed by atoms with Gasteiger partial charge >= 0.3 is 0 Å². The zero-order chi connectivity index (χ0) is 18.1. The molecule has 0 aromatic heterocycles. The molecule has 2 aliphatic rings. The van der Waals surface area contributed by atoms with Crippen molar-refractivity contribution in [3.05, 3.63) is 35.9 Å². The average molecular weight is 386 g/mol. The van der Waals surface area contributed by atoms with E-state index in [1.807, 2.05) is 6.07 Å². The Hall–Kier alpha value is -1.45. The van der Waals surface area contributed by atoms with Gasteiger partial charge in [-0.15, -0.1) is 0 Å². The Labute approximate surface area is 148 Å². The highest BCUT2D eigenvalue weighted by molar-refractivity contribution is 7.91. The molecule has 2 saturated heterocycles. The molecule has 25 heavy (non-hydrogen) atoms. The fourth-order valence-electron chi connectivity index (χ4n) is 3.31. The third-order valence-electron chi connectivity index (χ3n) is 4.72. The number of hydrogen-bond donors (Lipinski definition) is 0. The van der Waals surface area contributed by atoms with E-state index in [1.165, 1.54) is 4.31 Å². The number of benzene rings is 1. The summed E-state index contributed by atoms with van der Waals surface area (Å²) < 4.78 is 49.5. The zero-order valence-electron chi connectivity index (χ0n) is 13.9. The van der Waals surface area contributed by atoms with Gasteiger partial charge < -0.3 is 4.90 Å². The second-order valence-electron chi connectivity index (χ2n) is 6.57. The van der Waals surface area contributed by atoms with Crippen molar-refractivity contribution >= 4 is 25.8 Å². The van der Waals surface area contributed by atoms with Gasteiger partial charge in [0.25, 0.3) is 0 Å². The lowest BCUT2D eigenvalue weighted by atomic mass is 10.1. The van der Waals surface area contributed by atoms with Crippen LogP contribution in [-0.2, 0) is 30.4 Å². The Balaban J connectivity index is 1.57. The van der Waals surface area contributed by atoms with Crippen LogP contribution in [0.4, 0.5) is 0 Å². The van der Waals surface area contributed by atoms with Crippen molar-refractivity contribution in [2.75, 3.05) is 37.7 Å². The summed E-state index contributed by atoms with van der Waals surface area (Å²) in [7, 11) is -6.53. The topological polar surface area (TPSA) is 91.8 Å². The van der Waals surface area contributed by atoms with Crippen LogP contribution in [0, 0.1) is 5.92 Å². The highest BCUT2D eigenvalue weighted by Crippen LogP contribution is 2.22. The molecule has 3 rings (SSSR count). The molecular formula is C16H22N2O5S2. The van der Waals surface area contributed by atoms with Crippen LogP contribution in [0.25, 0.3) is 0 Å². The molecule has 138 valence electrons. The van der Waals surface area contributed by atoms with Crippen LogP contribution in [0.1, 0.15) is 12.0 Å². The van der Waals surface area contributed by atoms with Crippen LogP contribution in [-0.4, -0.2) is 69.6 Å². The molecule has 2 aliphatic heterocycles. The number of sulfonamides is 1. The summed E-state index contributed by atoms with van der Waals surface area (Å²) in [6.45, 7) is 1.12. The summed E-state index contributed by atoms with van der Waals surface area (Å²) in [5.41, 5.74) is 0.733.